The highest BCUT2D eigenvalue weighted by atomic mass is 32.2. The van der Waals surface area contributed by atoms with Crippen molar-refractivity contribution < 1.29 is 17.6 Å². The van der Waals surface area contributed by atoms with Crippen LogP contribution in [0.5, 0.6) is 0 Å². The lowest BCUT2D eigenvalue weighted by Gasteiger charge is -2.26. The predicted octanol–water partition coefficient (Wildman–Crippen LogP) is 0.889. The van der Waals surface area contributed by atoms with Crippen LogP contribution in [0.2, 0.25) is 0 Å². The number of benzene rings is 1. The first-order valence-corrected chi connectivity index (χ1v) is 10.3. The Labute approximate surface area is 153 Å². The molecule has 1 aromatic carbocycles. The quantitative estimate of drug-likeness (QED) is 0.745. The van der Waals surface area contributed by atoms with Crippen LogP contribution in [0.1, 0.15) is 16.1 Å². The van der Waals surface area contributed by atoms with E-state index in [0.717, 1.165) is 32.7 Å². The van der Waals surface area contributed by atoms with Gasteiger partial charge in [0, 0.05) is 44.8 Å². The summed E-state index contributed by atoms with van der Waals surface area (Å²) in [6.07, 6.45) is 1.35. The van der Waals surface area contributed by atoms with E-state index < -0.39 is 9.84 Å². The first-order chi connectivity index (χ1) is 12.6. The summed E-state index contributed by atoms with van der Waals surface area (Å²) in [5.41, 5.74) is 0.369. The van der Waals surface area contributed by atoms with Crippen molar-refractivity contribution in [1.29, 1.82) is 0 Å². The lowest BCUT2D eigenvalue weighted by atomic mass is 10.2. The molecule has 1 saturated heterocycles. The van der Waals surface area contributed by atoms with Gasteiger partial charge in [-0.05, 0) is 18.2 Å². The van der Waals surface area contributed by atoms with Gasteiger partial charge < -0.3 is 15.1 Å². The normalized spacial score (nSPS) is 15.7. The molecule has 26 heavy (non-hydrogen) atoms. The fourth-order valence-electron chi connectivity index (χ4n) is 2.91. The summed E-state index contributed by atoms with van der Waals surface area (Å²) in [5, 5.41) is 6.09. The van der Waals surface area contributed by atoms with Crippen molar-refractivity contribution in [2.24, 2.45) is 0 Å². The maximum Gasteiger partial charge on any atom is 0.287 e. The van der Waals surface area contributed by atoms with Crippen molar-refractivity contribution in [2.45, 2.75) is 10.6 Å². The molecule has 140 valence electrons. The Hall–Kier alpha value is -2.16. The molecule has 7 nitrogen and oxygen atoms in total. The standard InChI is InChI=1S/C18H23N3O4S/c22-18(20-9-12-21-10-7-19-8-11-21)17-15(6-13-25-17)14-26(23,24)16-4-2-1-3-5-16/h1-6,13,19H,7-12,14H2,(H,20,22). The molecule has 1 aromatic heterocycles. The number of hydrogen-bond acceptors (Lipinski definition) is 6. The summed E-state index contributed by atoms with van der Waals surface area (Å²) in [6, 6.07) is 9.73. The second-order valence-electron chi connectivity index (χ2n) is 6.19. The number of furan rings is 1. The highest BCUT2D eigenvalue weighted by Crippen LogP contribution is 2.19. The molecule has 1 amide bonds. The minimum Gasteiger partial charge on any atom is -0.459 e. The monoisotopic (exact) mass is 377 g/mol. The smallest absolute Gasteiger partial charge is 0.287 e. The van der Waals surface area contributed by atoms with Crippen LogP contribution >= 0.6 is 0 Å². The van der Waals surface area contributed by atoms with Gasteiger partial charge in [0.2, 0.25) is 0 Å². The number of carbonyl (C=O) groups is 1. The van der Waals surface area contributed by atoms with Gasteiger partial charge in [0.1, 0.15) is 0 Å². The Morgan fingerprint density at radius 2 is 1.88 bits per heavy atom. The van der Waals surface area contributed by atoms with E-state index in [0.29, 0.717) is 12.1 Å². The van der Waals surface area contributed by atoms with Crippen molar-refractivity contribution in [3.8, 4) is 0 Å². The number of carbonyl (C=O) groups excluding carboxylic acids is 1. The van der Waals surface area contributed by atoms with Crippen molar-refractivity contribution >= 4 is 15.7 Å². The second kappa shape index (κ2) is 8.48. The topological polar surface area (TPSA) is 91.7 Å². The molecule has 0 aliphatic carbocycles. The fourth-order valence-corrected chi connectivity index (χ4v) is 4.28. The number of nitrogens with zero attached hydrogens (tertiary/aromatic N) is 1. The Balaban J connectivity index is 1.60. The van der Waals surface area contributed by atoms with E-state index in [2.05, 4.69) is 15.5 Å². The Morgan fingerprint density at radius 3 is 2.62 bits per heavy atom. The molecule has 0 spiro atoms. The van der Waals surface area contributed by atoms with Crippen LogP contribution in [-0.2, 0) is 15.6 Å². The summed E-state index contributed by atoms with van der Waals surface area (Å²) >= 11 is 0. The average molecular weight is 377 g/mol. The largest absolute Gasteiger partial charge is 0.459 e. The maximum absolute atomic E-state index is 12.5. The summed E-state index contributed by atoms with van der Waals surface area (Å²) in [5.74, 6) is -0.596. The molecule has 0 atom stereocenters. The highest BCUT2D eigenvalue weighted by Gasteiger charge is 2.22. The Kier molecular flexibility index (Phi) is 6.08. The van der Waals surface area contributed by atoms with E-state index in [1.165, 1.54) is 12.3 Å². The summed E-state index contributed by atoms with van der Waals surface area (Å²) < 4.78 is 30.3. The van der Waals surface area contributed by atoms with Crippen LogP contribution in [0.4, 0.5) is 0 Å². The zero-order valence-corrected chi connectivity index (χ0v) is 15.3. The molecule has 0 saturated carbocycles. The van der Waals surface area contributed by atoms with E-state index >= 15 is 0 Å². The zero-order valence-electron chi connectivity index (χ0n) is 14.5. The molecule has 2 N–H and O–H groups in total. The van der Waals surface area contributed by atoms with Gasteiger partial charge in [-0.3, -0.25) is 9.69 Å². The van der Waals surface area contributed by atoms with Gasteiger partial charge in [-0.15, -0.1) is 0 Å². The van der Waals surface area contributed by atoms with Gasteiger partial charge in [-0.1, -0.05) is 18.2 Å². The Bertz CT molecular complexity index is 827. The van der Waals surface area contributed by atoms with E-state index in [1.807, 2.05) is 0 Å². The van der Waals surface area contributed by atoms with Crippen LogP contribution in [-0.4, -0.2) is 58.5 Å². The molecule has 0 radical (unpaired) electrons. The van der Waals surface area contributed by atoms with Crippen molar-refractivity contribution in [3.05, 3.63) is 54.0 Å². The predicted molar refractivity (Wildman–Crippen MR) is 97.7 cm³/mol. The van der Waals surface area contributed by atoms with Gasteiger partial charge in [0.15, 0.2) is 15.6 Å². The molecule has 2 heterocycles. The lowest BCUT2D eigenvalue weighted by Crippen LogP contribution is -2.46. The summed E-state index contributed by atoms with van der Waals surface area (Å²) in [7, 11) is -3.53. The lowest BCUT2D eigenvalue weighted by molar-refractivity contribution is 0.0918. The minimum atomic E-state index is -3.53. The number of sulfone groups is 1. The third-order valence-electron chi connectivity index (χ3n) is 4.32. The van der Waals surface area contributed by atoms with Gasteiger partial charge in [-0.25, -0.2) is 8.42 Å². The van der Waals surface area contributed by atoms with Crippen molar-refractivity contribution in [3.63, 3.8) is 0 Å². The maximum atomic E-state index is 12.5. The third-order valence-corrected chi connectivity index (χ3v) is 6.01. The van der Waals surface area contributed by atoms with E-state index in [4.69, 9.17) is 4.42 Å². The molecule has 2 aromatic rings. The molecule has 0 unspecified atom stereocenters. The first kappa shape index (κ1) is 18.6. The summed E-state index contributed by atoms with van der Waals surface area (Å²) in [6.45, 7) is 5.06. The van der Waals surface area contributed by atoms with E-state index in [1.54, 1.807) is 30.3 Å². The van der Waals surface area contributed by atoms with Gasteiger partial charge in [0.05, 0.1) is 16.9 Å². The van der Waals surface area contributed by atoms with Crippen LogP contribution in [0.3, 0.4) is 0 Å². The molecule has 1 fully saturated rings. The van der Waals surface area contributed by atoms with Crippen LogP contribution in [0.15, 0.2) is 52.0 Å². The first-order valence-electron chi connectivity index (χ1n) is 8.62. The number of rotatable bonds is 7. The molecule has 3 rings (SSSR count). The van der Waals surface area contributed by atoms with Gasteiger partial charge >= 0.3 is 0 Å². The molecular weight excluding hydrogens is 354 g/mol. The van der Waals surface area contributed by atoms with Crippen LogP contribution in [0, 0.1) is 0 Å². The minimum absolute atomic E-state index is 0.0600. The number of hydrogen-bond donors (Lipinski definition) is 2. The summed E-state index contributed by atoms with van der Waals surface area (Å²) in [4.78, 5) is 14.9. The molecule has 1 aliphatic heterocycles. The van der Waals surface area contributed by atoms with E-state index in [9.17, 15) is 13.2 Å². The van der Waals surface area contributed by atoms with Crippen molar-refractivity contribution in [2.75, 3.05) is 39.3 Å². The number of piperazine rings is 1. The van der Waals surface area contributed by atoms with E-state index in [-0.39, 0.29) is 22.3 Å². The molecular formula is C18H23N3O4S. The molecule has 1 aliphatic rings. The second-order valence-corrected chi connectivity index (χ2v) is 8.18. The van der Waals surface area contributed by atoms with Crippen molar-refractivity contribution in [1.82, 2.24) is 15.5 Å². The van der Waals surface area contributed by atoms with Gasteiger partial charge in [0.25, 0.3) is 5.91 Å². The third kappa shape index (κ3) is 4.72. The number of amides is 1. The molecule has 0 bridgehead atoms. The highest BCUT2D eigenvalue weighted by molar-refractivity contribution is 7.90. The average Bonchev–Trinajstić information content (AvgIpc) is 3.11. The fraction of sp³-hybridized carbons (Fsp3) is 0.389. The Morgan fingerprint density at radius 1 is 1.15 bits per heavy atom. The zero-order chi connectivity index (χ0) is 18.4. The SMILES string of the molecule is O=C(NCCN1CCNCC1)c1occc1CS(=O)(=O)c1ccccc1. The van der Waals surface area contributed by atoms with Gasteiger partial charge in [-0.2, -0.15) is 0 Å². The molecule has 8 heteroatoms. The number of nitrogens with one attached hydrogen (secondary N) is 2. The van der Waals surface area contributed by atoms with Crippen LogP contribution < -0.4 is 10.6 Å². The van der Waals surface area contributed by atoms with Crippen LogP contribution in [0.25, 0.3) is 0 Å².